The molecule has 0 aromatic carbocycles. The summed E-state index contributed by atoms with van der Waals surface area (Å²) >= 11 is 0. The van der Waals surface area contributed by atoms with Gasteiger partial charge in [0.25, 0.3) is 0 Å². The number of carbonyl (C=O) groups is 1. The van der Waals surface area contributed by atoms with E-state index >= 15 is 0 Å². The highest BCUT2D eigenvalue weighted by Gasteiger charge is 2.36. The van der Waals surface area contributed by atoms with Crippen LogP contribution in [0.4, 0.5) is 30.9 Å². The number of amides is 1. The van der Waals surface area contributed by atoms with Crippen molar-refractivity contribution in [1.82, 2.24) is 34.4 Å². The van der Waals surface area contributed by atoms with Gasteiger partial charge in [0.15, 0.2) is 22.8 Å². The number of alkyl halides is 3. The summed E-state index contributed by atoms with van der Waals surface area (Å²) in [6, 6.07) is -0.430. The van der Waals surface area contributed by atoms with Gasteiger partial charge in [0, 0.05) is 50.7 Å². The second-order valence-electron chi connectivity index (χ2n) is 9.24. The molecule has 12 nitrogen and oxygen atoms in total. The van der Waals surface area contributed by atoms with Crippen molar-refractivity contribution >= 4 is 35.3 Å². The molecular weight excluding hydrogens is 493 g/mol. The van der Waals surface area contributed by atoms with Crippen LogP contribution in [0.3, 0.4) is 0 Å². The third-order valence-electron chi connectivity index (χ3n) is 6.53. The van der Waals surface area contributed by atoms with E-state index in [1.165, 1.54) is 12.4 Å². The van der Waals surface area contributed by atoms with Gasteiger partial charge in [0.2, 0.25) is 18.3 Å². The summed E-state index contributed by atoms with van der Waals surface area (Å²) in [6.07, 6.45) is -0.896. The number of anilines is 3. The minimum absolute atomic E-state index is 0.0498. The molecule has 0 unspecified atom stereocenters. The molecule has 0 saturated carbocycles. The fourth-order valence-electron chi connectivity index (χ4n) is 4.83. The highest BCUT2D eigenvalue weighted by atomic mass is 19.4. The van der Waals surface area contributed by atoms with Gasteiger partial charge in [-0.15, -0.1) is 0 Å². The number of ether oxygens (including phenoxy) is 1. The number of nitrogens with two attached hydrogens (primary N) is 1. The zero-order valence-corrected chi connectivity index (χ0v) is 20.4. The Morgan fingerprint density at radius 2 is 1.70 bits per heavy atom. The zero-order chi connectivity index (χ0) is 26.3. The van der Waals surface area contributed by atoms with Crippen LogP contribution in [0.5, 0.6) is 0 Å². The third kappa shape index (κ3) is 4.95. The van der Waals surface area contributed by atoms with E-state index in [-0.39, 0.29) is 41.0 Å². The lowest BCUT2D eigenvalue weighted by atomic mass is 10.1. The van der Waals surface area contributed by atoms with Gasteiger partial charge in [-0.1, -0.05) is 0 Å². The highest BCUT2D eigenvalue weighted by molar-refractivity contribution is 5.88. The normalized spacial score (nSPS) is 21.1. The summed E-state index contributed by atoms with van der Waals surface area (Å²) in [5, 5.41) is 0. The number of piperazine rings is 1. The van der Waals surface area contributed by atoms with E-state index in [9.17, 15) is 18.0 Å². The molecule has 2 N–H and O–H groups in total. The highest BCUT2D eigenvalue weighted by Crippen LogP contribution is 2.34. The fraction of sp³-hybridized carbons (Fsp3) is 0.545. The number of aromatic nitrogens is 6. The summed E-state index contributed by atoms with van der Waals surface area (Å²) in [7, 11) is 0. The first-order valence-electron chi connectivity index (χ1n) is 11.9. The maximum Gasteiger partial charge on any atom is 0.406 e. The lowest BCUT2D eigenvalue weighted by molar-refractivity contribution is -0.139. The Kier molecular flexibility index (Phi) is 6.47. The summed E-state index contributed by atoms with van der Waals surface area (Å²) < 4.78 is 48.1. The van der Waals surface area contributed by atoms with Crippen LogP contribution in [0.15, 0.2) is 12.4 Å². The topological polar surface area (TPSA) is 131 Å². The van der Waals surface area contributed by atoms with Crippen molar-refractivity contribution < 1.29 is 22.7 Å². The lowest BCUT2D eigenvalue weighted by Gasteiger charge is -2.42. The van der Waals surface area contributed by atoms with E-state index in [1.54, 1.807) is 9.80 Å². The maximum absolute atomic E-state index is 13.9. The molecule has 0 aliphatic carbocycles. The van der Waals surface area contributed by atoms with Crippen molar-refractivity contribution in [2.75, 3.05) is 54.9 Å². The molecule has 2 fully saturated rings. The molecule has 15 heteroatoms. The molecule has 37 heavy (non-hydrogen) atoms. The second-order valence-corrected chi connectivity index (χ2v) is 9.24. The van der Waals surface area contributed by atoms with Gasteiger partial charge in [0.1, 0.15) is 6.54 Å². The van der Waals surface area contributed by atoms with E-state index < -0.39 is 12.7 Å². The molecule has 1 amide bonds. The summed E-state index contributed by atoms with van der Waals surface area (Å²) in [5.74, 6) is 0.762. The lowest BCUT2D eigenvalue weighted by Crippen LogP contribution is -2.56. The van der Waals surface area contributed by atoms with Gasteiger partial charge in [-0.05, 0) is 13.8 Å². The maximum atomic E-state index is 13.9. The predicted molar refractivity (Wildman–Crippen MR) is 129 cm³/mol. The average Bonchev–Trinajstić information content (AvgIpc) is 3.21. The average molecular weight is 521 g/mol. The third-order valence-corrected chi connectivity index (χ3v) is 6.53. The van der Waals surface area contributed by atoms with E-state index in [0.717, 1.165) is 11.0 Å². The number of rotatable bonds is 5. The molecule has 2 aliphatic heterocycles. The Balaban J connectivity index is 1.70. The van der Waals surface area contributed by atoms with E-state index in [2.05, 4.69) is 24.9 Å². The van der Waals surface area contributed by atoms with Gasteiger partial charge < -0.3 is 25.2 Å². The van der Waals surface area contributed by atoms with E-state index in [0.29, 0.717) is 50.8 Å². The molecule has 5 rings (SSSR count). The van der Waals surface area contributed by atoms with Gasteiger partial charge in [-0.25, -0.2) is 24.9 Å². The number of imidazole rings is 1. The quantitative estimate of drug-likeness (QED) is 0.492. The Morgan fingerprint density at radius 3 is 2.30 bits per heavy atom. The number of hydrogen-bond donors (Lipinski definition) is 1. The minimum Gasteiger partial charge on any atom is -0.378 e. The molecule has 0 spiro atoms. The van der Waals surface area contributed by atoms with Crippen LogP contribution >= 0.6 is 0 Å². The summed E-state index contributed by atoms with van der Waals surface area (Å²) in [6.45, 7) is 4.96. The fourth-order valence-corrected chi connectivity index (χ4v) is 4.83. The van der Waals surface area contributed by atoms with Crippen molar-refractivity contribution in [3.05, 3.63) is 12.4 Å². The van der Waals surface area contributed by atoms with Crippen molar-refractivity contribution in [3.8, 4) is 11.4 Å². The first kappa shape index (κ1) is 24.9. The van der Waals surface area contributed by atoms with Gasteiger partial charge in [0.05, 0.1) is 18.8 Å². The van der Waals surface area contributed by atoms with Crippen LogP contribution in [-0.2, 0) is 16.1 Å². The Bertz CT molecular complexity index is 1260. The summed E-state index contributed by atoms with van der Waals surface area (Å²) in [4.78, 5) is 38.7. The number of halogens is 3. The molecule has 2 saturated heterocycles. The Hall–Kier alpha value is -3.75. The molecule has 5 heterocycles. The minimum atomic E-state index is -4.53. The molecule has 2 atom stereocenters. The number of nitrogen functional groups attached to an aromatic ring is 1. The molecule has 198 valence electrons. The van der Waals surface area contributed by atoms with Crippen molar-refractivity contribution in [3.63, 3.8) is 0 Å². The van der Waals surface area contributed by atoms with E-state index in [1.807, 2.05) is 18.7 Å². The smallest absolute Gasteiger partial charge is 0.378 e. The van der Waals surface area contributed by atoms with Crippen molar-refractivity contribution in [1.29, 1.82) is 0 Å². The zero-order valence-electron chi connectivity index (χ0n) is 20.4. The predicted octanol–water partition coefficient (Wildman–Crippen LogP) is 1.32. The number of morpholine rings is 1. The molecule has 2 aliphatic rings. The number of fused-ring (bicyclic) bond motifs is 1. The first-order chi connectivity index (χ1) is 17.6. The number of hydrogen-bond acceptors (Lipinski definition) is 10. The molecular formula is C22H27F3N10O2. The SMILES string of the molecule is C[C@@H]1CN(c2nc3c(N4CCOCC4)nc(-c4cnc(N)nc4)nc3n2CC(F)(F)F)C[C@H](C)N1C=O. The number of nitrogens with zero attached hydrogens (tertiary/aromatic N) is 9. The monoisotopic (exact) mass is 520 g/mol. The van der Waals surface area contributed by atoms with Gasteiger partial charge >= 0.3 is 6.18 Å². The molecule has 0 bridgehead atoms. The van der Waals surface area contributed by atoms with E-state index in [4.69, 9.17) is 10.5 Å². The van der Waals surface area contributed by atoms with Crippen LogP contribution in [0.2, 0.25) is 0 Å². The van der Waals surface area contributed by atoms with Crippen LogP contribution in [0.1, 0.15) is 13.8 Å². The van der Waals surface area contributed by atoms with Crippen LogP contribution in [0, 0.1) is 0 Å². The largest absolute Gasteiger partial charge is 0.406 e. The molecule has 0 radical (unpaired) electrons. The number of carbonyl (C=O) groups excluding carboxylic acids is 1. The molecule has 3 aromatic rings. The molecule has 3 aromatic heterocycles. The summed E-state index contributed by atoms with van der Waals surface area (Å²) in [5.41, 5.74) is 6.33. The van der Waals surface area contributed by atoms with Crippen molar-refractivity contribution in [2.45, 2.75) is 38.7 Å². The van der Waals surface area contributed by atoms with Gasteiger partial charge in [-0.2, -0.15) is 13.2 Å². The van der Waals surface area contributed by atoms with Crippen molar-refractivity contribution in [2.24, 2.45) is 0 Å². The Labute approximate surface area is 210 Å². The Morgan fingerprint density at radius 1 is 1.05 bits per heavy atom. The van der Waals surface area contributed by atoms with Crippen LogP contribution < -0.4 is 15.5 Å². The first-order valence-corrected chi connectivity index (χ1v) is 11.9. The van der Waals surface area contributed by atoms with Crippen LogP contribution in [0.25, 0.3) is 22.6 Å². The standard InChI is InChI=1S/C22H27F3N10O2/c1-13-9-33(10-14(2)35(13)12-36)21-29-16-18(32-3-5-37-6-4-32)30-17(15-7-27-20(26)28-8-15)31-19(16)34(21)11-22(23,24)25/h7-8,12-14H,3-6,9-11H2,1-2H3,(H2,26,27,28)/t13-,14+. The second kappa shape index (κ2) is 9.61. The van der Waals surface area contributed by atoms with Gasteiger partial charge in [-0.3, -0.25) is 9.36 Å². The van der Waals surface area contributed by atoms with Crippen LogP contribution in [-0.4, -0.2) is 98.4 Å².